The molecule has 0 aliphatic carbocycles. The van der Waals surface area contributed by atoms with E-state index in [1.165, 1.54) is 11.8 Å². The van der Waals surface area contributed by atoms with Crippen LogP contribution in [-0.2, 0) is 5.75 Å². The highest BCUT2D eigenvalue weighted by atomic mass is 35.5. The maximum Gasteiger partial charge on any atom is 0.257 e. The van der Waals surface area contributed by atoms with Gasteiger partial charge in [-0.25, -0.2) is 4.98 Å². The molecule has 3 rings (SSSR count). The Balaban J connectivity index is 0.00000243. The van der Waals surface area contributed by atoms with Crippen LogP contribution in [0, 0.1) is 0 Å². The molecule has 1 heterocycles. The summed E-state index contributed by atoms with van der Waals surface area (Å²) in [5.41, 5.74) is 8.26. The fraction of sp³-hybridized carbons (Fsp3) is 0.222. The summed E-state index contributed by atoms with van der Waals surface area (Å²) >= 11 is 7.37. The number of carbonyl (C=O) groups excluding carboxylic acids is 1. The summed E-state index contributed by atoms with van der Waals surface area (Å²) in [5, 5.41) is 4.09. The minimum atomic E-state index is -0.165. The third-order valence-electron chi connectivity index (χ3n) is 3.59. The first-order chi connectivity index (χ1) is 12.2. The van der Waals surface area contributed by atoms with Gasteiger partial charge in [-0.1, -0.05) is 41.6 Å². The number of para-hydroxylation sites is 1. The van der Waals surface area contributed by atoms with Gasteiger partial charge < -0.3 is 15.5 Å². The molecule has 0 fully saturated rings. The lowest BCUT2D eigenvalue weighted by Crippen LogP contribution is -2.26. The van der Waals surface area contributed by atoms with E-state index in [1.807, 2.05) is 30.3 Å². The first-order valence-electron chi connectivity index (χ1n) is 7.92. The molecule has 0 aliphatic rings. The van der Waals surface area contributed by atoms with Crippen molar-refractivity contribution in [3.63, 3.8) is 0 Å². The zero-order chi connectivity index (χ0) is 17.6. The Morgan fingerprint density at radius 1 is 1.23 bits per heavy atom. The van der Waals surface area contributed by atoms with E-state index in [9.17, 15) is 4.79 Å². The Morgan fingerprint density at radius 3 is 2.73 bits per heavy atom. The van der Waals surface area contributed by atoms with Crippen LogP contribution in [0.5, 0.6) is 0 Å². The molecule has 0 unspecified atom stereocenters. The molecule has 138 valence electrons. The third-order valence-corrected chi connectivity index (χ3v) is 4.74. The predicted octanol–water partition coefficient (Wildman–Crippen LogP) is 4.27. The van der Waals surface area contributed by atoms with Crippen LogP contribution < -0.4 is 11.1 Å². The molecule has 8 heteroatoms. The summed E-state index contributed by atoms with van der Waals surface area (Å²) in [6.45, 7) is 1.08. The fourth-order valence-electron chi connectivity index (χ4n) is 2.30. The molecular weight excluding hydrogens is 393 g/mol. The molecule has 0 saturated carbocycles. The van der Waals surface area contributed by atoms with Gasteiger partial charge in [-0.2, -0.15) is 0 Å². The van der Waals surface area contributed by atoms with Crippen molar-refractivity contribution in [1.29, 1.82) is 0 Å². The number of oxazole rings is 1. The second-order valence-electron chi connectivity index (χ2n) is 5.45. The number of hydrogen-bond acceptors (Lipinski definition) is 5. The first kappa shape index (κ1) is 20.6. The monoisotopic (exact) mass is 411 g/mol. The Kier molecular flexibility index (Phi) is 7.78. The minimum Gasteiger partial charge on any atom is -0.431 e. The van der Waals surface area contributed by atoms with Crippen molar-refractivity contribution in [3.05, 3.63) is 58.6 Å². The molecule has 1 amide bonds. The smallest absolute Gasteiger partial charge is 0.257 e. The maximum absolute atomic E-state index is 12.3. The number of thioether (sulfide) groups is 1. The Hall–Kier alpha value is -1.73. The summed E-state index contributed by atoms with van der Waals surface area (Å²) < 4.78 is 5.76. The van der Waals surface area contributed by atoms with Crippen LogP contribution in [-0.4, -0.2) is 24.0 Å². The number of nitrogens with zero attached hydrogens (tertiary/aromatic N) is 1. The van der Waals surface area contributed by atoms with Crippen LogP contribution >= 0.6 is 35.8 Å². The van der Waals surface area contributed by atoms with Gasteiger partial charge in [-0.15, -0.1) is 12.4 Å². The number of halogens is 2. The van der Waals surface area contributed by atoms with Gasteiger partial charge in [0.15, 0.2) is 5.58 Å². The van der Waals surface area contributed by atoms with E-state index in [0.29, 0.717) is 45.8 Å². The Labute approximate surface area is 167 Å². The molecular formula is C18H19Cl2N3O2S. The highest BCUT2D eigenvalue weighted by Crippen LogP contribution is 2.28. The number of benzene rings is 2. The summed E-state index contributed by atoms with van der Waals surface area (Å²) in [6.07, 6.45) is 0.739. The van der Waals surface area contributed by atoms with Gasteiger partial charge in [0.05, 0.1) is 5.56 Å². The molecule has 3 aromatic rings. The molecule has 0 atom stereocenters. The van der Waals surface area contributed by atoms with Gasteiger partial charge in [0.1, 0.15) is 5.52 Å². The molecule has 0 spiro atoms. The number of carbonyl (C=O) groups is 1. The van der Waals surface area contributed by atoms with Gasteiger partial charge in [0.2, 0.25) is 0 Å². The van der Waals surface area contributed by atoms with Crippen LogP contribution in [0.3, 0.4) is 0 Å². The standard InChI is InChI=1S/C18H18ClN3O2S.ClH/c19-13-7-5-12(6-8-13)11-25-18-22-16-14(3-1-4-15(16)24-18)17(23)21-10-2-9-20;/h1,3-8H,2,9-11,20H2,(H,21,23);1H. The lowest BCUT2D eigenvalue weighted by molar-refractivity contribution is 0.0955. The average molecular weight is 412 g/mol. The minimum absolute atomic E-state index is 0. The van der Waals surface area contributed by atoms with Gasteiger partial charge in [-0.05, 0) is 42.8 Å². The van der Waals surface area contributed by atoms with Gasteiger partial charge >= 0.3 is 0 Å². The average Bonchev–Trinajstić information content (AvgIpc) is 3.04. The lowest BCUT2D eigenvalue weighted by atomic mass is 10.2. The van der Waals surface area contributed by atoms with Crippen molar-refractivity contribution in [2.45, 2.75) is 17.4 Å². The van der Waals surface area contributed by atoms with Crippen molar-refractivity contribution >= 4 is 52.8 Å². The summed E-state index contributed by atoms with van der Waals surface area (Å²) in [5.74, 6) is 0.545. The molecule has 3 N–H and O–H groups in total. The van der Waals surface area contributed by atoms with E-state index in [0.717, 1.165) is 12.0 Å². The second-order valence-corrected chi connectivity index (χ2v) is 6.81. The topological polar surface area (TPSA) is 81.1 Å². The summed E-state index contributed by atoms with van der Waals surface area (Å²) in [4.78, 5) is 16.8. The third kappa shape index (κ3) is 5.14. The number of nitrogens with two attached hydrogens (primary N) is 1. The van der Waals surface area contributed by atoms with Crippen LogP contribution in [0.25, 0.3) is 11.1 Å². The quantitative estimate of drug-likeness (QED) is 0.447. The van der Waals surface area contributed by atoms with Crippen molar-refractivity contribution in [2.24, 2.45) is 5.73 Å². The maximum atomic E-state index is 12.3. The number of hydrogen-bond donors (Lipinski definition) is 2. The molecule has 5 nitrogen and oxygen atoms in total. The predicted molar refractivity (Wildman–Crippen MR) is 108 cm³/mol. The zero-order valence-electron chi connectivity index (χ0n) is 13.9. The largest absolute Gasteiger partial charge is 0.431 e. The molecule has 26 heavy (non-hydrogen) atoms. The Morgan fingerprint density at radius 2 is 2.00 bits per heavy atom. The number of nitrogens with one attached hydrogen (secondary N) is 1. The second kappa shape index (κ2) is 9.83. The SMILES string of the molecule is Cl.NCCCNC(=O)c1cccc2oc(SCc3ccc(Cl)cc3)nc12. The molecule has 1 aromatic heterocycles. The first-order valence-corrected chi connectivity index (χ1v) is 9.29. The van der Waals surface area contributed by atoms with Crippen molar-refractivity contribution in [3.8, 4) is 0 Å². The van der Waals surface area contributed by atoms with Crippen LogP contribution in [0.4, 0.5) is 0 Å². The van der Waals surface area contributed by atoms with E-state index < -0.39 is 0 Å². The number of fused-ring (bicyclic) bond motifs is 1. The molecule has 0 bridgehead atoms. The van der Waals surface area contributed by atoms with Gasteiger partial charge in [0.25, 0.3) is 11.1 Å². The van der Waals surface area contributed by atoms with E-state index >= 15 is 0 Å². The molecule has 0 aliphatic heterocycles. The fourth-order valence-corrected chi connectivity index (χ4v) is 3.21. The Bertz CT molecular complexity index is 869. The molecule has 2 aromatic carbocycles. The number of aromatic nitrogens is 1. The van der Waals surface area contributed by atoms with E-state index in [2.05, 4.69) is 10.3 Å². The number of amides is 1. The van der Waals surface area contributed by atoms with Gasteiger partial charge in [-0.3, -0.25) is 4.79 Å². The number of rotatable bonds is 7. The highest BCUT2D eigenvalue weighted by Gasteiger charge is 2.15. The van der Waals surface area contributed by atoms with Crippen molar-refractivity contribution in [2.75, 3.05) is 13.1 Å². The van der Waals surface area contributed by atoms with E-state index in [-0.39, 0.29) is 18.3 Å². The van der Waals surface area contributed by atoms with Gasteiger partial charge in [0, 0.05) is 17.3 Å². The van der Waals surface area contributed by atoms with Crippen molar-refractivity contribution < 1.29 is 9.21 Å². The zero-order valence-corrected chi connectivity index (χ0v) is 16.3. The van der Waals surface area contributed by atoms with E-state index in [1.54, 1.807) is 12.1 Å². The van der Waals surface area contributed by atoms with E-state index in [4.69, 9.17) is 21.8 Å². The summed E-state index contributed by atoms with van der Waals surface area (Å²) in [6, 6.07) is 13.0. The highest BCUT2D eigenvalue weighted by molar-refractivity contribution is 7.98. The normalized spacial score (nSPS) is 10.5. The lowest BCUT2D eigenvalue weighted by Gasteiger charge is -2.03. The van der Waals surface area contributed by atoms with Crippen molar-refractivity contribution in [1.82, 2.24) is 10.3 Å². The van der Waals surface area contributed by atoms with Crippen LogP contribution in [0.2, 0.25) is 5.02 Å². The summed E-state index contributed by atoms with van der Waals surface area (Å²) in [7, 11) is 0. The van der Waals surface area contributed by atoms with Crippen LogP contribution in [0.1, 0.15) is 22.3 Å². The molecule has 0 radical (unpaired) electrons. The molecule has 0 saturated heterocycles. The van der Waals surface area contributed by atoms with Crippen LogP contribution in [0.15, 0.2) is 52.1 Å².